The number of aromatic nitrogens is 1. The number of hydrogen-bond donors (Lipinski definition) is 0. The van der Waals surface area contributed by atoms with E-state index in [1.165, 1.54) is 4.90 Å². The number of carbonyl (C=O) groups excluding carboxylic acids is 1. The lowest BCUT2D eigenvalue weighted by molar-refractivity contribution is -0.117. The minimum Gasteiger partial charge on any atom is -0.308 e. The molecule has 0 saturated carbocycles. The zero-order chi connectivity index (χ0) is 12.6. The van der Waals surface area contributed by atoms with E-state index in [9.17, 15) is 17.1 Å². The predicted molar refractivity (Wildman–Crippen MR) is 67.7 cm³/mol. The Morgan fingerprint density at radius 1 is 1.53 bits per heavy atom. The van der Waals surface area contributed by atoms with E-state index in [-0.39, 0.29) is 13.0 Å². The first-order chi connectivity index (χ1) is 7.89. The van der Waals surface area contributed by atoms with Crippen LogP contribution in [0.25, 0.3) is 0 Å². The highest BCUT2D eigenvalue weighted by molar-refractivity contribution is 14.1. The first kappa shape index (κ1) is 12.7. The SMILES string of the molecule is O=C1CC(S(=O)(=O)F)CN1c1cccnc1I. The average Bonchev–Trinajstić information content (AvgIpc) is 2.61. The number of amides is 1. The maximum absolute atomic E-state index is 12.8. The molecule has 2 heterocycles. The van der Waals surface area contributed by atoms with Crippen LogP contribution in [0.1, 0.15) is 6.42 Å². The van der Waals surface area contributed by atoms with Gasteiger partial charge in [0.2, 0.25) is 5.91 Å². The first-order valence-corrected chi connectivity index (χ1v) is 7.26. The number of anilines is 1. The smallest absolute Gasteiger partial charge is 0.307 e. The molecule has 1 unspecified atom stereocenters. The Morgan fingerprint density at radius 2 is 2.24 bits per heavy atom. The van der Waals surface area contributed by atoms with Crippen LogP contribution in [0.5, 0.6) is 0 Å². The van der Waals surface area contributed by atoms with Gasteiger partial charge in [0.05, 0.1) is 5.69 Å². The van der Waals surface area contributed by atoms with Gasteiger partial charge in [-0.25, -0.2) is 4.98 Å². The lowest BCUT2D eigenvalue weighted by Crippen LogP contribution is -2.27. The summed E-state index contributed by atoms with van der Waals surface area (Å²) in [6.07, 6.45) is 1.25. The molecule has 1 aliphatic rings. The molecule has 1 aromatic heterocycles. The fourth-order valence-electron chi connectivity index (χ4n) is 1.68. The maximum atomic E-state index is 12.8. The highest BCUT2D eigenvalue weighted by Gasteiger charge is 2.39. The van der Waals surface area contributed by atoms with Crippen LogP contribution in [0, 0.1) is 3.70 Å². The Labute approximate surface area is 111 Å². The van der Waals surface area contributed by atoms with Crippen LogP contribution >= 0.6 is 22.6 Å². The van der Waals surface area contributed by atoms with Crippen molar-refractivity contribution >= 4 is 44.4 Å². The first-order valence-electron chi connectivity index (χ1n) is 4.74. The number of rotatable bonds is 2. The van der Waals surface area contributed by atoms with Gasteiger partial charge in [-0.05, 0) is 34.7 Å². The number of carbonyl (C=O) groups is 1. The molecule has 0 aromatic carbocycles. The van der Waals surface area contributed by atoms with Crippen LogP contribution in [0.4, 0.5) is 9.57 Å². The molecule has 0 aliphatic carbocycles. The molecule has 0 radical (unpaired) electrons. The van der Waals surface area contributed by atoms with Crippen LogP contribution in [0.2, 0.25) is 0 Å². The van der Waals surface area contributed by atoms with E-state index in [2.05, 4.69) is 4.98 Å². The second kappa shape index (κ2) is 4.48. The van der Waals surface area contributed by atoms with Crippen molar-refractivity contribution in [3.05, 3.63) is 22.0 Å². The van der Waals surface area contributed by atoms with E-state index in [4.69, 9.17) is 0 Å². The fourth-order valence-corrected chi connectivity index (χ4v) is 2.98. The van der Waals surface area contributed by atoms with Crippen molar-refractivity contribution < 1.29 is 17.1 Å². The Bertz CT molecular complexity index is 563. The predicted octanol–water partition coefficient (Wildman–Crippen LogP) is 1.09. The summed E-state index contributed by atoms with van der Waals surface area (Å²) in [6.45, 7) is -0.153. The largest absolute Gasteiger partial charge is 0.308 e. The van der Waals surface area contributed by atoms with E-state index in [0.717, 1.165) is 0 Å². The second-order valence-corrected chi connectivity index (χ2v) is 6.26. The second-order valence-electron chi connectivity index (χ2n) is 3.62. The van der Waals surface area contributed by atoms with Gasteiger partial charge in [-0.3, -0.25) is 4.79 Å². The van der Waals surface area contributed by atoms with E-state index >= 15 is 0 Å². The topological polar surface area (TPSA) is 67.3 Å². The van der Waals surface area contributed by atoms with Gasteiger partial charge in [0.25, 0.3) is 0 Å². The molecule has 2 rings (SSSR count). The van der Waals surface area contributed by atoms with Crippen LogP contribution < -0.4 is 4.90 Å². The third-order valence-electron chi connectivity index (χ3n) is 2.52. The number of hydrogen-bond acceptors (Lipinski definition) is 4. The van der Waals surface area contributed by atoms with Gasteiger partial charge in [0.15, 0.2) is 0 Å². The van der Waals surface area contributed by atoms with Gasteiger partial charge in [-0.15, -0.1) is 3.89 Å². The lowest BCUT2D eigenvalue weighted by atomic mass is 10.4. The number of nitrogens with zero attached hydrogens (tertiary/aromatic N) is 2. The van der Waals surface area contributed by atoms with Crippen molar-refractivity contribution in [3.8, 4) is 0 Å². The van der Waals surface area contributed by atoms with E-state index in [1.54, 1.807) is 18.3 Å². The standard InChI is InChI=1S/C9H8FIN2O3S/c10-17(15,16)6-4-8(14)13(5-6)7-2-1-3-12-9(7)11/h1-3,6H,4-5H2. The van der Waals surface area contributed by atoms with E-state index in [0.29, 0.717) is 9.39 Å². The number of halogens is 2. The summed E-state index contributed by atoms with van der Waals surface area (Å²) in [5.41, 5.74) is 0.518. The maximum Gasteiger partial charge on any atom is 0.307 e. The molecule has 1 aromatic rings. The molecule has 5 nitrogen and oxygen atoms in total. The lowest BCUT2D eigenvalue weighted by Gasteiger charge is -2.16. The fraction of sp³-hybridized carbons (Fsp3) is 0.333. The third kappa shape index (κ3) is 2.57. The summed E-state index contributed by atoms with van der Waals surface area (Å²) in [6, 6.07) is 3.29. The minimum atomic E-state index is -4.67. The molecule has 0 N–H and O–H groups in total. The minimum absolute atomic E-state index is 0.153. The van der Waals surface area contributed by atoms with E-state index in [1.807, 2.05) is 22.6 Å². The molecule has 1 saturated heterocycles. The summed E-state index contributed by atoms with van der Waals surface area (Å²) in [4.78, 5) is 16.9. The van der Waals surface area contributed by atoms with Crippen molar-refractivity contribution in [1.29, 1.82) is 0 Å². The van der Waals surface area contributed by atoms with E-state index < -0.39 is 21.4 Å². The van der Waals surface area contributed by atoms with Crippen LogP contribution in [-0.2, 0) is 15.0 Å². The molecule has 17 heavy (non-hydrogen) atoms. The Morgan fingerprint density at radius 3 is 2.76 bits per heavy atom. The van der Waals surface area contributed by atoms with Crippen molar-refractivity contribution in [2.24, 2.45) is 0 Å². The molecule has 92 valence electrons. The average molecular weight is 370 g/mol. The van der Waals surface area contributed by atoms with Gasteiger partial charge < -0.3 is 4.90 Å². The van der Waals surface area contributed by atoms with Crippen LogP contribution in [-0.4, -0.2) is 31.1 Å². The molecule has 0 bridgehead atoms. The van der Waals surface area contributed by atoms with Gasteiger partial charge >= 0.3 is 10.2 Å². The monoisotopic (exact) mass is 370 g/mol. The summed E-state index contributed by atoms with van der Waals surface area (Å²) >= 11 is 1.94. The zero-order valence-corrected chi connectivity index (χ0v) is 11.5. The third-order valence-corrected chi connectivity index (χ3v) is 4.46. The summed E-state index contributed by atoms with van der Waals surface area (Å²) < 4.78 is 35.0. The van der Waals surface area contributed by atoms with Gasteiger partial charge in [-0.2, -0.15) is 8.42 Å². The van der Waals surface area contributed by atoms with Gasteiger partial charge in [0.1, 0.15) is 8.95 Å². The van der Waals surface area contributed by atoms with Gasteiger partial charge in [0, 0.05) is 19.2 Å². The van der Waals surface area contributed by atoms with Crippen molar-refractivity contribution in [1.82, 2.24) is 4.98 Å². The Kier molecular flexibility index (Phi) is 3.34. The summed E-state index contributed by atoms with van der Waals surface area (Å²) in [5, 5.41) is -1.27. The van der Waals surface area contributed by atoms with Crippen molar-refractivity contribution in [2.75, 3.05) is 11.4 Å². The molecule has 0 spiro atoms. The summed E-state index contributed by atoms with van der Waals surface area (Å²) in [5.74, 6) is -0.401. The Balaban J connectivity index is 2.31. The van der Waals surface area contributed by atoms with Crippen molar-refractivity contribution in [2.45, 2.75) is 11.7 Å². The van der Waals surface area contributed by atoms with Crippen molar-refractivity contribution in [3.63, 3.8) is 0 Å². The highest BCUT2D eigenvalue weighted by atomic mass is 127. The highest BCUT2D eigenvalue weighted by Crippen LogP contribution is 2.28. The molecule has 1 atom stereocenters. The zero-order valence-electron chi connectivity index (χ0n) is 8.51. The van der Waals surface area contributed by atoms with Crippen LogP contribution in [0.15, 0.2) is 18.3 Å². The summed E-state index contributed by atoms with van der Waals surface area (Å²) in [7, 11) is -4.67. The molecule has 1 amide bonds. The number of pyridine rings is 1. The Hall–Kier alpha value is -0.770. The molecule has 8 heteroatoms. The van der Waals surface area contributed by atoms with Crippen LogP contribution in [0.3, 0.4) is 0 Å². The quantitative estimate of drug-likeness (QED) is 0.444. The molecule has 1 aliphatic heterocycles. The molecular weight excluding hydrogens is 362 g/mol. The normalized spacial score (nSPS) is 20.9. The molecular formula is C9H8FIN2O3S. The molecule has 1 fully saturated rings. The van der Waals surface area contributed by atoms with Gasteiger partial charge in [-0.1, -0.05) is 0 Å².